The first-order valence-electron chi connectivity index (χ1n) is 5.00. The largest absolute Gasteiger partial charge is 0.305 e. The Balaban J connectivity index is 2.51. The lowest BCUT2D eigenvalue weighted by atomic mass is 10.2. The molecule has 2 nitrogen and oxygen atoms in total. The zero-order chi connectivity index (χ0) is 10.9. The molecule has 0 radical (unpaired) electrons. The van der Waals surface area contributed by atoms with Gasteiger partial charge in [0.15, 0.2) is 0 Å². The van der Waals surface area contributed by atoms with Crippen LogP contribution in [0.25, 0.3) is 5.52 Å². The third-order valence-electron chi connectivity index (χ3n) is 2.02. The minimum Gasteiger partial charge on any atom is -0.305 e. The molecule has 0 N–H and O–H groups in total. The molecule has 0 amide bonds. The number of nitrogens with zero attached hydrogens (tertiary/aromatic N) is 2. The van der Waals surface area contributed by atoms with Crippen LogP contribution in [0, 0.1) is 11.5 Å². The number of rotatable bonds is 0. The first kappa shape index (κ1) is 10.0. The van der Waals surface area contributed by atoms with Gasteiger partial charge < -0.3 is 4.40 Å². The third-order valence-corrected chi connectivity index (χ3v) is 2.90. The highest BCUT2D eigenvalue weighted by Gasteiger charge is 2.07. The molecule has 15 heavy (non-hydrogen) atoms. The minimum absolute atomic E-state index is 1.07. The Kier molecular flexibility index (Phi) is 2.37. The predicted molar refractivity (Wildman–Crippen MR) is 65.4 cm³/mol. The quantitative estimate of drug-likeness (QED) is 0.486. The van der Waals surface area contributed by atoms with Crippen molar-refractivity contribution in [3.05, 3.63) is 36.4 Å². The molecule has 0 spiro atoms. The highest BCUT2D eigenvalue weighted by Crippen LogP contribution is 2.09. The Morgan fingerprint density at radius 2 is 2.13 bits per heavy atom. The molecule has 0 bridgehead atoms. The van der Waals surface area contributed by atoms with Gasteiger partial charge in [-0.05, 0) is 12.1 Å². The van der Waals surface area contributed by atoms with E-state index in [1.807, 2.05) is 28.9 Å². The average molecular weight is 214 g/mol. The van der Waals surface area contributed by atoms with E-state index in [1.54, 1.807) is 6.33 Å². The molecule has 0 aliphatic heterocycles. The average Bonchev–Trinajstić information content (AvgIpc) is 2.61. The zero-order valence-corrected chi connectivity index (χ0v) is 10.3. The summed E-state index contributed by atoms with van der Waals surface area (Å²) >= 11 is 0. The van der Waals surface area contributed by atoms with Gasteiger partial charge in [-0.3, -0.25) is 0 Å². The number of hydrogen-bond donors (Lipinski definition) is 0. The van der Waals surface area contributed by atoms with Crippen molar-refractivity contribution in [2.75, 3.05) is 0 Å². The predicted octanol–water partition coefficient (Wildman–Crippen LogP) is 2.56. The number of aromatic nitrogens is 2. The summed E-state index contributed by atoms with van der Waals surface area (Å²) in [7, 11) is -1.30. The first-order valence-corrected chi connectivity index (χ1v) is 8.50. The second-order valence-corrected chi connectivity index (χ2v) is 9.36. The summed E-state index contributed by atoms with van der Waals surface area (Å²) < 4.78 is 1.99. The van der Waals surface area contributed by atoms with Crippen molar-refractivity contribution >= 4 is 13.6 Å². The van der Waals surface area contributed by atoms with Crippen molar-refractivity contribution in [1.29, 1.82) is 0 Å². The van der Waals surface area contributed by atoms with Gasteiger partial charge in [-0.15, -0.1) is 5.54 Å². The number of fused-ring (bicyclic) bond motifs is 1. The van der Waals surface area contributed by atoms with Crippen LogP contribution in [0.3, 0.4) is 0 Å². The molecule has 2 aromatic rings. The molecular weight excluding hydrogens is 200 g/mol. The second kappa shape index (κ2) is 3.56. The lowest BCUT2D eigenvalue weighted by molar-refractivity contribution is 1.15. The van der Waals surface area contributed by atoms with E-state index in [1.165, 1.54) is 0 Å². The molecule has 0 saturated carbocycles. The number of pyridine rings is 1. The molecular formula is C12H14N2Si. The molecule has 2 rings (SSSR count). The maximum Gasteiger partial charge on any atom is 0.129 e. The van der Waals surface area contributed by atoms with Gasteiger partial charge in [0.1, 0.15) is 8.07 Å². The summed E-state index contributed by atoms with van der Waals surface area (Å²) in [4.78, 5) is 4.11. The lowest BCUT2D eigenvalue weighted by Crippen LogP contribution is -2.16. The Bertz CT molecular complexity index is 538. The van der Waals surface area contributed by atoms with Crippen LogP contribution < -0.4 is 0 Å². The molecule has 3 heteroatoms. The van der Waals surface area contributed by atoms with Gasteiger partial charge in [0.2, 0.25) is 0 Å². The molecule has 0 aromatic carbocycles. The summed E-state index contributed by atoms with van der Waals surface area (Å²) in [5.74, 6) is 3.26. The summed E-state index contributed by atoms with van der Waals surface area (Å²) in [5.41, 5.74) is 5.52. The van der Waals surface area contributed by atoms with Crippen LogP contribution in [0.1, 0.15) is 5.56 Å². The van der Waals surface area contributed by atoms with Gasteiger partial charge in [-0.25, -0.2) is 4.98 Å². The molecule has 0 atom stereocenters. The van der Waals surface area contributed by atoms with E-state index in [0.29, 0.717) is 0 Å². The van der Waals surface area contributed by atoms with E-state index in [4.69, 9.17) is 0 Å². The molecule has 0 unspecified atom stereocenters. The fraction of sp³-hybridized carbons (Fsp3) is 0.250. The Labute approximate surface area is 91.0 Å². The van der Waals surface area contributed by atoms with Crippen LogP contribution in [0.4, 0.5) is 0 Å². The highest BCUT2D eigenvalue weighted by atomic mass is 28.3. The Morgan fingerprint density at radius 1 is 1.33 bits per heavy atom. The van der Waals surface area contributed by atoms with E-state index in [2.05, 4.69) is 36.1 Å². The van der Waals surface area contributed by atoms with Crippen molar-refractivity contribution in [2.45, 2.75) is 19.6 Å². The topological polar surface area (TPSA) is 17.3 Å². The third kappa shape index (κ3) is 2.28. The first-order chi connectivity index (χ1) is 7.06. The maximum absolute atomic E-state index is 4.11. The Hall–Kier alpha value is -1.53. The van der Waals surface area contributed by atoms with Gasteiger partial charge in [0.05, 0.1) is 18.0 Å². The SMILES string of the molecule is C[Si](C)(C)C#Cc1cccn2cncc12. The van der Waals surface area contributed by atoms with Crippen molar-refractivity contribution < 1.29 is 0 Å². The van der Waals surface area contributed by atoms with Gasteiger partial charge in [0.25, 0.3) is 0 Å². The van der Waals surface area contributed by atoms with Gasteiger partial charge in [-0.1, -0.05) is 25.6 Å². The molecule has 0 saturated heterocycles. The monoisotopic (exact) mass is 214 g/mol. The molecule has 0 fully saturated rings. The standard InChI is InChI=1S/C12H14N2Si/c1-15(2,3)8-6-11-5-4-7-14-10-13-9-12(11)14/h4-5,7,9-10H,1-3H3. The van der Waals surface area contributed by atoms with Crippen molar-refractivity contribution in [1.82, 2.24) is 9.38 Å². The Morgan fingerprint density at radius 3 is 2.87 bits per heavy atom. The summed E-state index contributed by atoms with van der Waals surface area (Å²) in [6.45, 7) is 6.74. The lowest BCUT2D eigenvalue weighted by Gasteiger charge is -2.03. The van der Waals surface area contributed by atoms with E-state index in [0.717, 1.165) is 11.1 Å². The van der Waals surface area contributed by atoms with E-state index >= 15 is 0 Å². The molecule has 2 aromatic heterocycles. The highest BCUT2D eigenvalue weighted by molar-refractivity contribution is 6.83. The van der Waals surface area contributed by atoms with Crippen LogP contribution >= 0.6 is 0 Å². The van der Waals surface area contributed by atoms with Crippen molar-refractivity contribution in [3.63, 3.8) is 0 Å². The summed E-state index contributed by atoms with van der Waals surface area (Å²) in [6, 6.07) is 4.05. The summed E-state index contributed by atoms with van der Waals surface area (Å²) in [6.07, 6.45) is 5.64. The van der Waals surface area contributed by atoms with Gasteiger partial charge in [-0.2, -0.15) is 0 Å². The van der Waals surface area contributed by atoms with Crippen LogP contribution in [0.5, 0.6) is 0 Å². The zero-order valence-electron chi connectivity index (χ0n) is 9.28. The van der Waals surface area contributed by atoms with Gasteiger partial charge >= 0.3 is 0 Å². The normalized spacial score (nSPS) is 11.1. The maximum atomic E-state index is 4.11. The minimum atomic E-state index is -1.30. The van der Waals surface area contributed by atoms with E-state index in [9.17, 15) is 0 Å². The van der Waals surface area contributed by atoms with Crippen molar-refractivity contribution in [2.24, 2.45) is 0 Å². The molecule has 2 heterocycles. The van der Waals surface area contributed by atoms with Crippen LogP contribution in [-0.2, 0) is 0 Å². The van der Waals surface area contributed by atoms with Crippen LogP contribution in [-0.4, -0.2) is 17.5 Å². The van der Waals surface area contributed by atoms with E-state index in [-0.39, 0.29) is 0 Å². The smallest absolute Gasteiger partial charge is 0.129 e. The fourth-order valence-electron chi connectivity index (χ4n) is 1.31. The second-order valence-electron chi connectivity index (χ2n) is 4.61. The fourth-order valence-corrected chi connectivity index (χ4v) is 1.82. The van der Waals surface area contributed by atoms with Crippen LogP contribution in [0.2, 0.25) is 19.6 Å². The van der Waals surface area contributed by atoms with E-state index < -0.39 is 8.07 Å². The molecule has 76 valence electrons. The molecule has 0 aliphatic rings. The molecule has 0 aliphatic carbocycles. The van der Waals surface area contributed by atoms with Crippen LogP contribution in [0.15, 0.2) is 30.9 Å². The number of imidazole rings is 1. The van der Waals surface area contributed by atoms with Crippen molar-refractivity contribution in [3.8, 4) is 11.5 Å². The summed E-state index contributed by atoms with van der Waals surface area (Å²) in [5, 5.41) is 0. The van der Waals surface area contributed by atoms with Gasteiger partial charge in [0, 0.05) is 11.8 Å². The number of hydrogen-bond acceptors (Lipinski definition) is 1.